The number of benzene rings is 2. The van der Waals surface area contributed by atoms with Crippen molar-refractivity contribution >= 4 is 39.2 Å². The van der Waals surface area contributed by atoms with Crippen molar-refractivity contribution in [1.29, 1.82) is 0 Å². The van der Waals surface area contributed by atoms with Crippen LogP contribution in [-0.2, 0) is 6.61 Å². The maximum absolute atomic E-state index is 12.0. The van der Waals surface area contributed by atoms with Crippen molar-refractivity contribution in [2.75, 3.05) is 12.1 Å². The largest absolute Gasteiger partial charge is 0.488 e. The Morgan fingerprint density at radius 1 is 1.29 bits per heavy atom. The molecular weight excluding hydrogens is 396 g/mol. The highest BCUT2D eigenvalue weighted by Crippen LogP contribution is 2.31. The fourth-order valence-corrected chi connectivity index (χ4v) is 2.89. The van der Waals surface area contributed by atoms with Crippen LogP contribution in [0.5, 0.6) is 5.75 Å². The van der Waals surface area contributed by atoms with E-state index in [4.69, 9.17) is 28.0 Å². The third kappa shape index (κ3) is 4.18. The Hall–Kier alpha value is -1.80. The molecule has 0 spiro atoms. The topological polar surface area (TPSA) is 84.8 Å². The minimum absolute atomic E-state index is 0.145. The Morgan fingerprint density at radius 3 is 2.62 bits per heavy atom. The molecule has 24 heavy (non-hydrogen) atoms. The van der Waals surface area contributed by atoms with Gasteiger partial charge in [0.05, 0.1) is 10.2 Å². The van der Waals surface area contributed by atoms with E-state index in [0.717, 1.165) is 20.1 Å². The van der Waals surface area contributed by atoms with Crippen LogP contribution in [0.4, 0.5) is 10.5 Å². The molecule has 0 aliphatic rings. The van der Waals surface area contributed by atoms with Crippen molar-refractivity contribution in [2.45, 2.75) is 13.5 Å². The number of nitrogens with zero attached hydrogens (tertiary/aromatic N) is 2. The van der Waals surface area contributed by atoms with Gasteiger partial charge in [0.25, 0.3) is 0 Å². The molecule has 8 heteroatoms. The predicted molar refractivity (Wildman–Crippen MR) is 98.7 cm³/mol. The van der Waals surface area contributed by atoms with E-state index in [1.165, 1.54) is 7.05 Å². The van der Waals surface area contributed by atoms with Crippen molar-refractivity contribution in [3.05, 3.63) is 57.0 Å². The van der Waals surface area contributed by atoms with Gasteiger partial charge in [-0.25, -0.2) is 21.5 Å². The van der Waals surface area contributed by atoms with Crippen LogP contribution in [0, 0.1) is 6.92 Å². The number of hydrogen-bond acceptors (Lipinski definition) is 4. The van der Waals surface area contributed by atoms with Gasteiger partial charge in [-0.15, -0.1) is 0 Å². The molecule has 2 aromatic rings. The lowest BCUT2D eigenvalue weighted by Crippen LogP contribution is -2.49. The number of urea groups is 1. The highest BCUT2D eigenvalue weighted by Gasteiger charge is 2.19. The summed E-state index contributed by atoms with van der Waals surface area (Å²) in [7, 11) is 1.41. The molecule has 0 radical (unpaired) electrons. The molecule has 0 saturated heterocycles. The van der Waals surface area contributed by atoms with Gasteiger partial charge in [0.1, 0.15) is 12.4 Å². The molecule has 0 fully saturated rings. The van der Waals surface area contributed by atoms with E-state index >= 15 is 0 Å². The van der Waals surface area contributed by atoms with Gasteiger partial charge >= 0.3 is 6.03 Å². The number of nitrogens with two attached hydrogens (primary N) is 2. The number of carbonyl (C=O) groups is 1. The summed E-state index contributed by atoms with van der Waals surface area (Å²) in [6, 6.07) is 10.3. The van der Waals surface area contributed by atoms with Crippen LogP contribution in [0.15, 0.2) is 40.9 Å². The second-order valence-corrected chi connectivity index (χ2v) is 6.49. The fourth-order valence-electron chi connectivity index (χ4n) is 2.06. The number of aryl methyl sites for hydroxylation is 1. The Bertz CT molecular complexity index is 755. The normalized spacial score (nSPS) is 10.4. The molecular formula is C16H18BrClN4O2. The predicted octanol–water partition coefficient (Wildman–Crippen LogP) is 3.60. The Kier molecular flexibility index (Phi) is 6.06. The molecule has 0 bridgehead atoms. The molecule has 0 aliphatic heterocycles. The van der Waals surface area contributed by atoms with Gasteiger partial charge in [-0.1, -0.05) is 23.7 Å². The Labute approximate surface area is 154 Å². The van der Waals surface area contributed by atoms with Crippen molar-refractivity contribution in [3.8, 4) is 5.75 Å². The third-order valence-corrected chi connectivity index (χ3v) is 4.29. The summed E-state index contributed by atoms with van der Waals surface area (Å²) in [5.74, 6) is 12.0. The fraction of sp³-hybridized carbons (Fsp3) is 0.188. The van der Waals surface area contributed by atoms with Crippen molar-refractivity contribution in [3.63, 3.8) is 0 Å². The molecule has 128 valence electrons. The van der Waals surface area contributed by atoms with Crippen LogP contribution in [0.1, 0.15) is 11.1 Å². The molecule has 2 amide bonds. The van der Waals surface area contributed by atoms with Crippen LogP contribution in [0.25, 0.3) is 0 Å². The van der Waals surface area contributed by atoms with E-state index in [2.05, 4.69) is 15.9 Å². The maximum Gasteiger partial charge on any atom is 0.352 e. The second kappa shape index (κ2) is 7.85. The molecule has 0 aliphatic carbocycles. The van der Waals surface area contributed by atoms with E-state index in [-0.39, 0.29) is 6.61 Å². The standard InChI is InChI=1S/C16H18BrClN4O2/c1-10-6-7-15(12(17)8-10)24-9-11-13(18)4-3-5-14(11)22(20)16(23)21(2)19/h3-8H,9,19-20H2,1-2H3. The van der Waals surface area contributed by atoms with E-state index in [1.54, 1.807) is 18.2 Å². The molecule has 4 N–H and O–H groups in total. The summed E-state index contributed by atoms with van der Waals surface area (Å²) in [6.45, 7) is 2.13. The van der Waals surface area contributed by atoms with Gasteiger partial charge in [0, 0.05) is 17.6 Å². The lowest BCUT2D eigenvalue weighted by molar-refractivity contribution is 0.216. The number of hydrogen-bond donors (Lipinski definition) is 2. The number of hydrazine groups is 2. The monoisotopic (exact) mass is 412 g/mol. The summed E-state index contributed by atoms with van der Waals surface area (Å²) in [5, 5.41) is 2.27. The van der Waals surface area contributed by atoms with Crippen molar-refractivity contribution in [2.24, 2.45) is 11.7 Å². The molecule has 0 unspecified atom stereocenters. The van der Waals surface area contributed by atoms with Crippen LogP contribution >= 0.6 is 27.5 Å². The highest BCUT2D eigenvalue weighted by molar-refractivity contribution is 9.10. The van der Waals surface area contributed by atoms with Gasteiger partial charge in [-0.3, -0.25) is 5.01 Å². The number of ether oxygens (including phenoxy) is 1. The molecule has 0 aromatic heterocycles. The summed E-state index contributed by atoms with van der Waals surface area (Å²) < 4.78 is 6.65. The minimum Gasteiger partial charge on any atom is -0.488 e. The van der Waals surface area contributed by atoms with E-state index in [0.29, 0.717) is 22.0 Å². The SMILES string of the molecule is Cc1ccc(OCc2c(Cl)cccc2N(N)C(=O)N(C)N)c(Br)c1. The molecule has 6 nitrogen and oxygen atoms in total. The molecule has 0 atom stereocenters. The number of halogens is 2. The van der Waals surface area contributed by atoms with Crippen molar-refractivity contribution in [1.82, 2.24) is 5.01 Å². The zero-order valence-corrected chi connectivity index (χ0v) is 15.6. The lowest BCUT2D eigenvalue weighted by atomic mass is 10.2. The van der Waals surface area contributed by atoms with Crippen LogP contribution < -0.4 is 21.4 Å². The number of rotatable bonds is 4. The molecule has 2 aromatic carbocycles. The van der Waals surface area contributed by atoms with E-state index < -0.39 is 6.03 Å². The molecule has 0 saturated carbocycles. The number of carbonyl (C=O) groups excluding carboxylic acids is 1. The first-order valence-electron chi connectivity index (χ1n) is 7.04. The maximum atomic E-state index is 12.0. The average molecular weight is 414 g/mol. The van der Waals surface area contributed by atoms with Crippen LogP contribution in [-0.4, -0.2) is 18.1 Å². The second-order valence-electron chi connectivity index (χ2n) is 5.22. The van der Waals surface area contributed by atoms with Gasteiger partial charge in [-0.05, 0) is 52.7 Å². The van der Waals surface area contributed by atoms with Gasteiger partial charge in [0.2, 0.25) is 0 Å². The van der Waals surface area contributed by atoms with Gasteiger partial charge < -0.3 is 4.74 Å². The third-order valence-electron chi connectivity index (χ3n) is 3.32. The first-order valence-corrected chi connectivity index (χ1v) is 8.22. The van der Waals surface area contributed by atoms with Crippen molar-refractivity contribution < 1.29 is 9.53 Å². The average Bonchev–Trinajstić information content (AvgIpc) is 2.53. The number of anilines is 1. The summed E-state index contributed by atoms with van der Waals surface area (Å²) in [6.07, 6.45) is 0. The van der Waals surface area contributed by atoms with Crippen LogP contribution in [0.2, 0.25) is 5.02 Å². The summed E-state index contributed by atoms with van der Waals surface area (Å²) in [5.41, 5.74) is 2.12. The minimum atomic E-state index is -0.574. The summed E-state index contributed by atoms with van der Waals surface area (Å²) in [4.78, 5) is 12.0. The quantitative estimate of drug-likeness (QED) is 0.456. The number of amides is 2. The highest BCUT2D eigenvalue weighted by atomic mass is 79.9. The molecule has 0 heterocycles. The summed E-state index contributed by atoms with van der Waals surface area (Å²) >= 11 is 9.72. The zero-order valence-electron chi connectivity index (χ0n) is 13.3. The van der Waals surface area contributed by atoms with Gasteiger partial charge in [-0.2, -0.15) is 0 Å². The lowest BCUT2D eigenvalue weighted by Gasteiger charge is -2.23. The van der Waals surface area contributed by atoms with E-state index in [9.17, 15) is 4.79 Å². The van der Waals surface area contributed by atoms with Crippen LogP contribution in [0.3, 0.4) is 0 Å². The van der Waals surface area contributed by atoms with E-state index in [1.807, 2.05) is 25.1 Å². The Morgan fingerprint density at radius 2 is 2.00 bits per heavy atom. The first kappa shape index (κ1) is 18.5. The first-order chi connectivity index (χ1) is 11.3. The molecule has 2 rings (SSSR count). The Balaban J connectivity index is 2.28. The zero-order chi connectivity index (χ0) is 17.9. The van der Waals surface area contributed by atoms with Gasteiger partial charge in [0.15, 0.2) is 0 Å². The smallest absolute Gasteiger partial charge is 0.352 e.